The van der Waals surface area contributed by atoms with Crippen LogP contribution in [0.25, 0.3) is 0 Å². The van der Waals surface area contributed by atoms with Crippen LogP contribution >= 0.6 is 0 Å². The summed E-state index contributed by atoms with van der Waals surface area (Å²) in [7, 11) is 0. The zero-order valence-corrected chi connectivity index (χ0v) is 22.6. The van der Waals surface area contributed by atoms with Gasteiger partial charge >= 0.3 is 6.18 Å². The molecule has 1 saturated heterocycles. The van der Waals surface area contributed by atoms with E-state index in [1.165, 1.54) is 6.07 Å². The summed E-state index contributed by atoms with van der Waals surface area (Å²) < 4.78 is 39.6. The maximum Gasteiger partial charge on any atom is 0.416 e. The maximum atomic E-state index is 13.2. The number of hydrogen-bond acceptors (Lipinski definition) is 8. The summed E-state index contributed by atoms with van der Waals surface area (Å²) in [6, 6.07) is 10.2. The summed E-state index contributed by atoms with van der Waals surface area (Å²) in [4.78, 5) is 37.2. The van der Waals surface area contributed by atoms with Crippen molar-refractivity contribution in [3.05, 3.63) is 70.4 Å². The van der Waals surface area contributed by atoms with Gasteiger partial charge in [0, 0.05) is 66.0 Å². The Balaban J connectivity index is 1.34. The van der Waals surface area contributed by atoms with Crippen LogP contribution in [0, 0.1) is 0 Å². The molecule has 0 aliphatic carbocycles. The van der Waals surface area contributed by atoms with Crippen LogP contribution in [-0.2, 0) is 6.18 Å². The number of benzene rings is 2. The Bertz CT molecular complexity index is 1360. The van der Waals surface area contributed by atoms with E-state index in [2.05, 4.69) is 32.3 Å². The van der Waals surface area contributed by atoms with Crippen LogP contribution in [0.15, 0.2) is 63.7 Å². The van der Waals surface area contributed by atoms with Crippen molar-refractivity contribution >= 4 is 36.1 Å². The van der Waals surface area contributed by atoms with Crippen molar-refractivity contribution < 1.29 is 22.8 Å². The molecule has 0 unspecified atom stereocenters. The van der Waals surface area contributed by atoms with Gasteiger partial charge in [-0.25, -0.2) is 0 Å². The van der Waals surface area contributed by atoms with Crippen LogP contribution in [0.2, 0.25) is 0 Å². The molecule has 1 fully saturated rings. The summed E-state index contributed by atoms with van der Waals surface area (Å²) in [5, 5.41) is 2.79. The number of amides is 2. The number of carbonyl (C=O) groups excluding carboxylic acids is 2. The summed E-state index contributed by atoms with van der Waals surface area (Å²) in [6.45, 7) is 7.50. The van der Waals surface area contributed by atoms with Gasteiger partial charge in [0.1, 0.15) is 6.67 Å². The fourth-order valence-electron chi connectivity index (χ4n) is 5.17. The molecule has 218 valence electrons. The summed E-state index contributed by atoms with van der Waals surface area (Å²) in [6.07, 6.45) is -1.39. The number of carbonyl (C=O) groups is 2. The molecule has 4 rings (SSSR count). The topological polar surface area (TPSA) is 141 Å². The van der Waals surface area contributed by atoms with Crippen LogP contribution in [0.1, 0.15) is 46.0 Å². The van der Waals surface area contributed by atoms with E-state index < -0.39 is 17.6 Å². The van der Waals surface area contributed by atoms with Crippen LogP contribution in [0.4, 0.5) is 24.5 Å². The number of nitrogens with zero attached hydrogens (tertiary/aromatic N) is 4. The van der Waals surface area contributed by atoms with Gasteiger partial charge in [0.2, 0.25) is 5.91 Å². The number of anilines is 2. The quantitative estimate of drug-likeness (QED) is 0.207. The molecular weight excluding hydrogens is 537 g/mol. The zero-order valence-electron chi connectivity index (χ0n) is 22.6. The van der Waals surface area contributed by atoms with Gasteiger partial charge in [-0.1, -0.05) is 0 Å². The lowest BCUT2D eigenvalue weighted by molar-refractivity contribution is -0.137. The van der Waals surface area contributed by atoms with Gasteiger partial charge in [-0.15, -0.1) is 0 Å². The van der Waals surface area contributed by atoms with E-state index in [4.69, 9.17) is 11.6 Å². The first-order valence-electron chi connectivity index (χ1n) is 13.1. The predicted octanol–water partition coefficient (Wildman–Crippen LogP) is 3.49. The molecule has 2 aliphatic rings. The van der Waals surface area contributed by atoms with E-state index in [9.17, 15) is 22.8 Å². The van der Waals surface area contributed by atoms with E-state index >= 15 is 0 Å². The minimum atomic E-state index is -4.62. The molecular formula is C28H33F3N8O2. The van der Waals surface area contributed by atoms with Gasteiger partial charge < -0.3 is 21.4 Å². The van der Waals surface area contributed by atoms with Gasteiger partial charge in [-0.3, -0.25) is 30.3 Å². The molecule has 0 aromatic heterocycles. The number of nitrogens with one attached hydrogen (secondary N) is 2. The first-order chi connectivity index (χ1) is 19.5. The number of hydrogen-bond donors (Lipinski definition) is 4. The number of nitrogen functional groups attached to an aromatic ring is 1. The Morgan fingerprint density at radius 3 is 2.46 bits per heavy atom. The molecule has 41 heavy (non-hydrogen) atoms. The number of likely N-dealkylation sites (tertiary alicyclic amines) is 1. The highest BCUT2D eigenvalue weighted by molar-refractivity contribution is 5.95. The number of primary amides is 1. The van der Waals surface area contributed by atoms with Crippen molar-refractivity contribution in [1.29, 1.82) is 0 Å². The van der Waals surface area contributed by atoms with Crippen LogP contribution in [0.3, 0.4) is 0 Å². The number of piperidine rings is 1. The molecule has 2 aromatic rings. The largest absolute Gasteiger partial charge is 0.416 e. The van der Waals surface area contributed by atoms with Crippen LogP contribution in [0.5, 0.6) is 0 Å². The lowest BCUT2D eigenvalue weighted by atomic mass is 9.96. The molecule has 2 atom stereocenters. The highest BCUT2D eigenvalue weighted by Crippen LogP contribution is 2.32. The molecule has 0 bridgehead atoms. The van der Waals surface area contributed by atoms with Crippen molar-refractivity contribution in [3.63, 3.8) is 0 Å². The number of hydrazine groups is 1. The minimum absolute atomic E-state index is 0.0171. The Hall–Kier alpha value is -4.23. The molecule has 2 aromatic carbocycles. The number of rotatable bonds is 9. The average molecular weight is 571 g/mol. The van der Waals surface area contributed by atoms with Gasteiger partial charge in [-0.05, 0) is 68.9 Å². The lowest BCUT2D eigenvalue weighted by Crippen LogP contribution is -2.50. The van der Waals surface area contributed by atoms with E-state index in [1.54, 1.807) is 30.5 Å². The number of halogens is 3. The van der Waals surface area contributed by atoms with Crippen molar-refractivity contribution in [1.82, 2.24) is 9.80 Å². The lowest BCUT2D eigenvalue weighted by Gasteiger charge is -2.41. The SMILES string of the molecule is C=NC1=C(/C=N\CNc2cc(C(N)=O)cc(C(F)(F)F)c2)CN([C@@H]2CCN(C(=O)c3ccc(NN)cc3)[C@H](C)C2)C1. The Kier molecular flexibility index (Phi) is 9.08. The Morgan fingerprint density at radius 1 is 1.12 bits per heavy atom. The fraction of sp³-hybridized carbons (Fsp3) is 0.357. The molecule has 10 nitrogen and oxygen atoms in total. The monoisotopic (exact) mass is 570 g/mol. The third-order valence-corrected chi connectivity index (χ3v) is 7.38. The maximum absolute atomic E-state index is 13.2. The van der Waals surface area contributed by atoms with Crippen molar-refractivity contribution in [2.24, 2.45) is 21.6 Å². The minimum Gasteiger partial charge on any atom is -0.366 e. The molecule has 2 aliphatic heterocycles. The summed E-state index contributed by atoms with van der Waals surface area (Å²) in [5.41, 5.74) is 9.58. The molecule has 2 heterocycles. The van der Waals surface area contributed by atoms with E-state index in [1.807, 2.05) is 11.8 Å². The predicted molar refractivity (Wildman–Crippen MR) is 153 cm³/mol. The van der Waals surface area contributed by atoms with Crippen LogP contribution in [-0.4, -0.2) is 72.9 Å². The van der Waals surface area contributed by atoms with Gasteiger partial charge in [-0.2, -0.15) is 13.2 Å². The van der Waals surface area contributed by atoms with Crippen molar-refractivity contribution in [2.75, 3.05) is 37.0 Å². The van der Waals surface area contributed by atoms with Crippen LogP contribution < -0.4 is 22.3 Å². The van der Waals surface area contributed by atoms with Crippen molar-refractivity contribution in [3.8, 4) is 0 Å². The highest BCUT2D eigenvalue weighted by atomic mass is 19.4. The number of aliphatic imine (C=N–C) groups is 2. The Morgan fingerprint density at radius 2 is 1.85 bits per heavy atom. The summed E-state index contributed by atoms with van der Waals surface area (Å²) in [5.74, 6) is 4.44. The molecule has 6 N–H and O–H groups in total. The third kappa shape index (κ3) is 7.11. The van der Waals surface area contributed by atoms with Crippen molar-refractivity contribution in [2.45, 2.75) is 38.0 Å². The smallest absolute Gasteiger partial charge is 0.366 e. The normalized spacial score (nSPS) is 20.0. The van der Waals surface area contributed by atoms with E-state index in [0.29, 0.717) is 25.2 Å². The standard InChI is InChI=1S/C28H33F3N8O2/c1-17-9-24(7-8-39(17)27(41)18-3-5-22(37-33)6-4-18)38-14-20(25(15-38)34-2)13-35-16-36-23-11-19(26(32)40)10-21(12-23)28(29,30)31/h3-6,10-13,17,24,36-37H,2,7-9,14-16,33H2,1H3,(H2,32,40)/b35-13-/t17-,24-/m1/s1. The van der Waals surface area contributed by atoms with E-state index in [-0.39, 0.29) is 35.9 Å². The average Bonchev–Trinajstić information content (AvgIpc) is 3.37. The Labute approximate surface area is 236 Å². The van der Waals surface area contributed by atoms with Gasteiger partial charge in [0.05, 0.1) is 11.3 Å². The first kappa shape index (κ1) is 29.7. The summed E-state index contributed by atoms with van der Waals surface area (Å²) >= 11 is 0. The third-order valence-electron chi connectivity index (χ3n) is 7.38. The molecule has 0 spiro atoms. The number of alkyl halides is 3. The zero-order chi connectivity index (χ0) is 29.7. The van der Waals surface area contributed by atoms with Gasteiger partial charge in [0.15, 0.2) is 0 Å². The number of nitrogens with two attached hydrogens (primary N) is 2. The molecule has 0 radical (unpaired) electrons. The highest BCUT2D eigenvalue weighted by Gasteiger charge is 2.35. The van der Waals surface area contributed by atoms with E-state index in [0.717, 1.165) is 41.9 Å². The molecule has 0 saturated carbocycles. The first-order valence-corrected chi connectivity index (χ1v) is 13.1. The second-order valence-corrected chi connectivity index (χ2v) is 10.1. The second-order valence-electron chi connectivity index (χ2n) is 10.1. The fourth-order valence-corrected chi connectivity index (χ4v) is 5.17. The van der Waals surface area contributed by atoms with Gasteiger partial charge in [0.25, 0.3) is 5.91 Å². The second kappa shape index (κ2) is 12.5. The molecule has 2 amide bonds. The molecule has 13 heteroatoms.